The number of fused-ring (bicyclic) bond motifs is 2. The molecule has 2 aromatic heterocycles. The van der Waals surface area contributed by atoms with Gasteiger partial charge in [0.2, 0.25) is 5.88 Å². The van der Waals surface area contributed by atoms with Gasteiger partial charge in [-0.25, -0.2) is 19.3 Å². The van der Waals surface area contributed by atoms with E-state index in [1.165, 1.54) is 18.4 Å². The normalized spacial score (nSPS) is 13.6. The maximum absolute atomic E-state index is 14.8. The van der Waals surface area contributed by atoms with Crippen molar-refractivity contribution < 1.29 is 19.0 Å². The SMILES string of the molecule is COc1cnc2c(-c3nc4c(Cl)c(F)c(OC(C)C(C)O)cc4s3)cc(C)cc2n1. The van der Waals surface area contributed by atoms with Crippen LogP contribution in [0.2, 0.25) is 5.02 Å². The number of aliphatic hydroxyl groups is 1. The Balaban J connectivity index is 1.87. The molecule has 2 unspecified atom stereocenters. The van der Waals surface area contributed by atoms with E-state index in [2.05, 4.69) is 15.0 Å². The van der Waals surface area contributed by atoms with E-state index in [9.17, 15) is 9.50 Å². The average Bonchev–Trinajstić information content (AvgIpc) is 3.14. The molecule has 2 atom stereocenters. The molecule has 1 N–H and O–H groups in total. The van der Waals surface area contributed by atoms with Crippen molar-refractivity contribution in [2.75, 3.05) is 7.11 Å². The van der Waals surface area contributed by atoms with E-state index < -0.39 is 18.0 Å². The Morgan fingerprint density at radius 1 is 1.17 bits per heavy atom. The van der Waals surface area contributed by atoms with Crippen molar-refractivity contribution in [3.63, 3.8) is 0 Å². The first-order valence-corrected chi connectivity index (χ1v) is 10.4. The molecule has 0 aliphatic heterocycles. The van der Waals surface area contributed by atoms with Crippen LogP contribution in [0.5, 0.6) is 11.6 Å². The van der Waals surface area contributed by atoms with Crippen molar-refractivity contribution in [1.29, 1.82) is 0 Å². The van der Waals surface area contributed by atoms with Gasteiger partial charge >= 0.3 is 0 Å². The summed E-state index contributed by atoms with van der Waals surface area (Å²) in [5.74, 6) is -0.302. The van der Waals surface area contributed by atoms with Crippen LogP contribution < -0.4 is 9.47 Å². The zero-order chi connectivity index (χ0) is 21.6. The smallest absolute Gasteiger partial charge is 0.232 e. The van der Waals surface area contributed by atoms with Gasteiger partial charge in [-0.2, -0.15) is 0 Å². The summed E-state index contributed by atoms with van der Waals surface area (Å²) in [5.41, 5.74) is 3.44. The van der Waals surface area contributed by atoms with E-state index in [-0.39, 0.29) is 10.8 Å². The van der Waals surface area contributed by atoms with Crippen molar-refractivity contribution in [2.24, 2.45) is 0 Å². The van der Waals surface area contributed by atoms with E-state index in [0.717, 1.165) is 11.1 Å². The Labute approximate surface area is 181 Å². The van der Waals surface area contributed by atoms with Gasteiger partial charge in [0.1, 0.15) is 21.7 Å². The first-order chi connectivity index (χ1) is 14.3. The second-order valence-corrected chi connectivity index (χ2v) is 8.43. The van der Waals surface area contributed by atoms with E-state index in [4.69, 9.17) is 21.1 Å². The number of nitrogens with zero attached hydrogens (tertiary/aromatic N) is 3. The minimum atomic E-state index is -0.759. The third-order valence-electron chi connectivity index (χ3n) is 4.73. The number of rotatable bonds is 5. The second kappa shape index (κ2) is 7.94. The highest BCUT2D eigenvalue weighted by Crippen LogP contribution is 2.40. The van der Waals surface area contributed by atoms with Gasteiger partial charge in [0.25, 0.3) is 0 Å². The molecule has 2 aromatic carbocycles. The van der Waals surface area contributed by atoms with Crippen LogP contribution in [0.4, 0.5) is 4.39 Å². The number of benzene rings is 2. The molecule has 2 heterocycles. The van der Waals surface area contributed by atoms with Gasteiger partial charge in [0, 0.05) is 11.6 Å². The maximum Gasteiger partial charge on any atom is 0.232 e. The number of thiazole rings is 1. The highest BCUT2D eigenvalue weighted by atomic mass is 35.5. The summed E-state index contributed by atoms with van der Waals surface area (Å²) in [6, 6.07) is 5.43. The topological polar surface area (TPSA) is 77.4 Å². The summed E-state index contributed by atoms with van der Waals surface area (Å²) in [6.45, 7) is 5.19. The van der Waals surface area contributed by atoms with Crippen molar-refractivity contribution in [3.8, 4) is 22.2 Å². The van der Waals surface area contributed by atoms with Gasteiger partial charge in [0.05, 0.1) is 35.1 Å². The van der Waals surface area contributed by atoms with Gasteiger partial charge in [-0.15, -0.1) is 11.3 Å². The number of aryl methyl sites for hydroxylation is 1. The van der Waals surface area contributed by atoms with Crippen LogP contribution in [0.3, 0.4) is 0 Å². The minimum absolute atomic E-state index is 0.0188. The largest absolute Gasteiger partial charge is 0.485 e. The van der Waals surface area contributed by atoms with Crippen molar-refractivity contribution in [1.82, 2.24) is 15.0 Å². The Morgan fingerprint density at radius 2 is 1.93 bits per heavy atom. The summed E-state index contributed by atoms with van der Waals surface area (Å²) < 4.78 is 26.2. The number of aromatic nitrogens is 3. The maximum atomic E-state index is 14.8. The molecule has 30 heavy (non-hydrogen) atoms. The molecule has 0 fully saturated rings. The van der Waals surface area contributed by atoms with Crippen LogP contribution in [0.1, 0.15) is 19.4 Å². The van der Waals surface area contributed by atoms with Gasteiger partial charge < -0.3 is 14.6 Å². The molecule has 4 aromatic rings. The fourth-order valence-electron chi connectivity index (χ4n) is 2.99. The molecule has 0 saturated carbocycles. The summed E-state index contributed by atoms with van der Waals surface area (Å²) >= 11 is 7.62. The third-order valence-corrected chi connectivity index (χ3v) is 6.11. The fraction of sp³-hybridized carbons (Fsp3) is 0.286. The molecule has 4 rings (SSSR count). The van der Waals surface area contributed by atoms with Crippen molar-refractivity contribution in [2.45, 2.75) is 33.0 Å². The monoisotopic (exact) mass is 447 g/mol. The van der Waals surface area contributed by atoms with Crippen LogP contribution >= 0.6 is 22.9 Å². The molecule has 6 nitrogen and oxygen atoms in total. The van der Waals surface area contributed by atoms with Crippen LogP contribution in [-0.4, -0.2) is 39.4 Å². The predicted octanol–water partition coefficient (Wildman–Crippen LogP) is 5.16. The quantitative estimate of drug-likeness (QED) is 0.455. The number of hydrogen-bond acceptors (Lipinski definition) is 7. The van der Waals surface area contributed by atoms with E-state index in [1.54, 1.807) is 26.1 Å². The minimum Gasteiger partial charge on any atom is -0.485 e. The van der Waals surface area contributed by atoms with E-state index in [0.29, 0.717) is 32.1 Å². The van der Waals surface area contributed by atoms with Crippen molar-refractivity contribution >= 4 is 44.2 Å². The highest BCUT2D eigenvalue weighted by molar-refractivity contribution is 7.21. The molecule has 0 spiro atoms. The number of methoxy groups -OCH3 is 1. The number of aliphatic hydroxyl groups excluding tert-OH is 1. The lowest BCUT2D eigenvalue weighted by Crippen LogP contribution is -2.25. The molecule has 0 amide bonds. The lowest BCUT2D eigenvalue weighted by Gasteiger charge is -2.17. The lowest BCUT2D eigenvalue weighted by molar-refractivity contribution is 0.0580. The van der Waals surface area contributed by atoms with Gasteiger partial charge in [-0.3, -0.25) is 0 Å². The Morgan fingerprint density at radius 3 is 2.63 bits per heavy atom. The highest BCUT2D eigenvalue weighted by Gasteiger charge is 2.21. The Bertz CT molecular complexity index is 1260. The summed E-state index contributed by atoms with van der Waals surface area (Å²) in [7, 11) is 1.54. The Hall–Kier alpha value is -2.55. The van der Waals surface area contributed by atoms with Crippen LogP contribution in [0, 0.1) is 12.7 Å². The van der Waals surface area contributed by atoms with E-state index in [1.807, 2.05) is 19.1 Å². The lowest BCUT2D eigenvalue weighted by atomic mass is 10.1. The van der Waals surface area contributed by atoms with Crippen molar-refractivity contribution in [3.05, 3.63) is 40.8 Å². The Kier molecular flexibility index (Phi) is 5.48. The van der Waals surface area contributed by atoms with Crippen LogP contribution in [0.15, 0.2) is 24.4 Å². The molecule has 0 aliphatic rings. The molecular weight excluding hydrogens is 429 g/mol. The molecule has 9 heteroatoms. The summed E-state index contributed by atoms with van der Waals surface area (Å²) in [5, 5.41) is 10.2. The number of ether oxygens (including phenoxy) is 2. The summed E-state index contributed by atoms with van der Waals surface area (Å²) in [4.78, 5) is 13.5. The molecule has 156 valence electrons. The van der Waals surface area contributed by atoms with Crippen LogP contribution in [-0.2, 0) is 0 Å². The molecule has 0 aliphatic carbocycles. The zero-order valence-electron chi connectivity index (χ0n) is 16.7. The predicted molar refractivity (Wildman–Crippen MR) is 116 cm³/mol. The summed E-state index contributed by atoms with van der Waals surface area (Å²) in [6.07, 6.45) is 0.196. The fourth-order valence-corrected chi connectivity index (χ4v) is 4.30. The van der Waals surface area contributed by atoms with E-state index >= 15 is 0 Å². The third kappa shape index (κ3) is 3.66. The molecule has 0 radical (unpaired) electrons. The molecular formula is C21H19ClFN3O3S. The zero-order valence-corrected chi connectivity index (χ0v) is 18.3. The van der Waals surface area contributed by atoms with Crippen LogP contribution in [0.25, 0.3) is 31.8 Å². The van der Waals surface area contributed by atoms with Gasteiger partial charge in [-0.05, 0) is 38.5 Å². The standard InChI is InChI=1S/C21H19ClFN3O3S/c1-9-5-12(19-13(6-9)25-16(28-4)8-24-19)21-26-20-15(30-21)7-14(18(23)17(20)22)29-11(3)10(2)27/h5-8,10-11,27H,1-4H3. The first-order valence-electron chi connectivity index (χ1n) is 9.23. The molecule has 0 saturated heterocycles. The van der Waals surface area contributed by atoms with Gasteiger partial charge in [-0.1, -0.05) is 11.6 Å². The number of hydrogen-bond donors (Lipinski definition) is 1. The molecule has 0 bridgehead atoms. The average molecular weight is 448 g/mol. The first kappa shape index (κ1) is 20.7. The number of halogens is 2. The van der Waals surface area contributed by atoms with Gasteiger partial charge in [0.15, 0.2) is 11.6 Å². The second-order valence-electron chi connectivity index (χ2n) is 7.02.